The Morgan fingerprint density at radius 1 is 1.28 bits per heavy atom. The molecule has 98 valence electrons. The Labute approximate surface area is 115 Å². The predicted molar refractivity (Wildman–Crippen MR) is 74.0 cm³/mol. The van der Waals surface area contributed by atoms with E-state index in [4.69, 9.17) is 4.74 Å². The average Bonchev–Trinajstić information content (AvgIpc) is 2.18. The van der Waals surface area contributed by atoms with Crippen molar-refractivity contribution in [3.05, 3.63) is 28.2 Å². The SMILES string of the molecule is CC(=O)c1ccc(Br)c(NC(=O)OC(C)(C)C)c1. The summed E-state index contributed by atoms with van der Waals surface area (Å²) in [5, 5.41) is 2.60. The lowest BCUT2D eigenvalue weighted by molar-refractivity contribution is 0.0635. The van der Waals surface area contributed by atoms with Crippen molar-refractivity contribution < 1.29 is 14.3 Å². The van der Waals surface area contributed by atoms with Gasteiger partial charge in [0, 0.05) is 10.0 Å². The van der Waals surface area contributed by atoms with Gasteiger partial charge in [0.15, 0.2) is 5.78 Å². The molecule has 1 amide bonds. The Morgan fingerprint density at radius 3 is 2.39 bits per heavy atom. The quantitative estimate of drug-likeness (QED) is 0.840. The van der Waals surface area contributed by atoms with Crippen LogP contribution >= 0.6 is 15.9 Å². The lowest BCUT2D eigenvalue weighted by Gasteiger charge is -2.20. The van der Waals surface area contributed by atoms with Gasteiger partial charge < -0.3 is 4.74 Å². The highest BCUT2D eigenvalue weighted by atomic mass is 79.9. The number of hydrogen-bond donors (Lipinski definition) is 1. The molecule has 1 rings (SSSR count). The molecule has 1 aromatic rings. The van der Waals surface area contributed by atoms with Crippen LogP contribution in [0.15, 0.2) is 22.7 Å². The first-order chi connectivity index (χ1) is 8.19. The van der Waals surface area contributed by atoms with Crippen molar-refractivity contribution in [3.63, 3.8) is 0 Å². The van der Waals surface area contributed by atoms with Crippen molar-refractivity contribution in [2.24, 2.45) is 0 Å². The van der Waals surface area contributed by atoms with Crippen LogP contribution in [0, 0.1) is 0 Å². The summed E-state index contributed by atoms with van der Waals surface area (Å²) in [7, 11) is 0. The molecule has 1 aromatic carbocycles. The topological polar surface area (TPSA) is 55.4 Å². The molecular formula is C13H16BrNO3. The Balaban J connectivity index is 2.87. The number of Topliss-reactive ketones (excluding diaryl/α,β-unsaturated/α-hetero) is 1. The van der Waals surface area contributed by atoms with E-state index in [1.807, 2.05) is 0 Å². The zero-order valence-electron chi connectivity index (χ0n) is 10.8. The maximum absolute atomic E-state index is 11.6. The van der Waals surface area contributed by atoms with Gasteiger partial charge in [-0.1, -0.05) is 6.07 Å². The van der Waals surface area contributed by atoms with Gasteiger partial charge in [0.05, 0.1) is 5.69 Å². The Bertz CT molecular complexity index is 478. The number of benzene rings is 1. The Kier molecular flexibility index (Phi) is 4.51. The van der Waals surface area contributed by atoms with E-state index < -0.39 is 11.7 Å². The van der Waals surface area contributed by atoms with Crippen molar-refractivity contribution in [2.45, 2.75) is 33.3 Å². The van der Waals surface area contributed by atoms with Crippen molar-refractivity contribution in [3.8, 4) is 0 Å². The number of nitrogens with one attached hydrogen (secondary N) is 1. The third kappa shape index (κ3) is 4.49. The smallest absolute Gasteiger partial charge is 0.412 e. The summed E-state index contributed by atoms with van der Waals surface area (Å²) in [6.45, 7) is 6.83. The zero-order chi connectivity index (χ0) is 13.9. The van der Waals surface area contributed by atoms with Crippen LogP contribution in [0.5, 0.6) is 0 Å². The summed E-state index contributed by atoms with van der Waals surface area (Å²) < 4.78 is 5.83. The summed E-state index contributed by atoms with van der Waals surface area (Å²) in [5.41, 5.74) is 0.482. The highest BCUT2D eigenvalue weighted by Gasteiger charge is 2.17. The number of carbonyl (C=O) groups excluding carboxylic acids is 2. The summed E-state index contributed by atoms with van der Waals surface area (Å²) in [6, 6.07) is 5.01. The highest BCUT2D eigenvalue weighted by molar-refractivity contribution is 9.10. The van der Waals surface area contributed by atoms with E-state index in [9.17, 15) is 9.59 Å². The molecule has 18 heavy (non-hydrogen) atoms. The van der Waals surface area contributed by atoms with E-state index in [2.05, 4.69) is 21.2 Å². The van der Waals surface area contributed by atoms with E-state index in [1.54, 1.807) is 39.0 Å². The maximum Gasteiger partial charge on any atom is 0.412 e. The molecule has 0 aliphatic rings. The molecule has 4 nitrogen and oxygen atoms in total. The first-order valence-electron chi connectivity index (χ1n) is 5.49. The molecule has 0 fully saturated rings. The molecule has 0 saturated heterocycles. The number of amides is 1. The van der Waals surface area contributed by atoms with Crippen molar-refractivity contribution in [1.82, 2.24) is 0 Å². The Morgan fingerprint density at radius 2 is 1.89 bits per heavy atom. The van der Waals surface area contributed by atoms with Gasteiger partial charge in [-0.3, -0.25) is 10.1 Å². The van der Waals surface area contributed by atoms with Crippen molar-refractivity contribution >= 4 is 33.5 Å². The fraction of sp³-hybridized carbons (Fsp3) is 0.385. The summed E-state index contributed by atoms with van der Waals surface area (Å²) in [4.78, 5) is 22.9. The number of rotatable bonds is 2. The normalized spacial score (nSPS) is 10.9. The number of halogens is 1. The van der Waals surface area contributed by atoms with Gasteiger partial charge in [-0.15, -0.1) is 0 Å². The minimum Gasteiger partial charge on any atom is -0.444 e. The van der Waals surface area contributed by atoms with Crippen LogP contribution in [0.25, 0.3) is 0 Å². The largest absolute Gasteiger partial charge is 0.444 e. The molecule has 0 aromatic heterocycles. The van der Waals surface area contributed by atoms with Crippen LogP contribution in [-0.2, 0) is 4.74 Å². The lowest BCUT2D eigenvalue weighted by Crippen LogP contribution is -2.27. The van der Waals surface area contributed by atoms with Crippen LogP contribution in [0.3, 0.4) is 0 Å². The molecule has 0 aliphatic heterocycles. The summed E-state index contributed by atoms with van der Waals surface area (Å²) in [5.74, 6) is -0.0604. The predicted octanol–water partition coefficient (Wildman–Crippen LogP) is 4.00. The molecule has 0 bridgehead atoms. The van der Waals surface area contributed by atoms with Crippen LogP contribution < -0.4 is 5.32 Å². The van der Waals surface area contributed by atoms with E-state index >= 15 is 0 Å². The van der Waals surface area contributed by atoms with Crippen LogP contribution in [0.2, 0.25) is 0 Å². The number of anilines is 1. The molecular weight excluding hydrogens is 298 g/mol. The van der Waals surface area contributed by atoms with E-state index in [-0.39, 0.29) is 5.78 Å². The monoisotopic (exact) mass is 313 g/mol. The average molecular weight is 314 g/mol. The summed E-state index contributed by atoms with van der Waals surface area (Å²) in [6.07, 6.45) is -0.552. The van der Waals surface area contributed by atoms with E-state index in [1.165, 1.54) is 6.92 Å². The van der Waals surface area contributed by atoms with Gasteiger partial charge in [0.25, 0.3) is 0 Å². The zero-order valence-corrected chi connectivity index (χ0v) is 12.4. The van der Waals surface area contributed by atoms with E-state index in [0.717, 1.165) is 0 Å². The van der Waals surface area contributed by atoms with Gasteiger partial charge in [-0.05, 0) is 55.8 Å². The minimum absolute atomic E-state index is 0.0604. The van der Waals surface area contributed by atoms with Crippen LogP contribution in [0.1, 0.15) is 38.1 Å². The van der Waals surface area contributed by atoms with Crippen LogP contribution in [-0.4, -0.2) is 17.5 Å². The number of ketones is 1. The van der Waals surface area contributed by atoms with Gasteiger partial charge in [0.1, 0.15) is 5.60 Å². The molecule has 0 unspecified atom stereocenters. The molecule has 0 saturated carbocycles. The minimum atomic E-state index is -0.561. The lowest BCUT2D eigenvalue weighted by atomic mass is 10.1. The van der Waals surface area contributed by atoms with Crippen molar-refractivity contribution in [2.75, 3.05) is 5.32 Å². The second kappa shape index (κ2) is 5.52. The number of carbonyl (C=O) groups is 2. The van der Waals surface area contributed by atoms with Crippen molar-refractivity contribution in [1.29, 1.82) is 0 Å². The Hall–Kier alpha value is -1.36. The maximum atomic E-state index is 11.6. The molecule has 0 heterocycles. The van der Waals surface area contributed by atoms with Gasteiger partial charge in [-0.25, -0.2) is 4.79 Å². The summed E-state index contributed by atoms with van der Waals surface area (Å²) >= 11 is 3.31. The van der Waals surface area contributed by atoms with Gasteiger partial charge >= 0.3 is 6.09 Å². The molecule has 0 atom stereocenters. The third-order valence-electron chi connectivity index (χ3n) is 2.01. The van der Waals surface area contributed by atoms with Gasteiger partial charge in [-0.2, -0.15) is 0 Å². The molecule has 1 N–H and O–H groups in total. The second-order valence-corrected chi connectivity index (χ2v) is 5.73. The molecule has 0 aliphatic carbocycles. The molecule has 0 radical (unpaired) electrons. The number of hydrogen-bond acceptors (Lipinski definition) is 3. The first-order valence-corrected chi connectivity index (χ1v) is 6.29. The number of ether oxygens (including phenoxy) is 1. The fourth-order valence-corrected chi connectivity index (χ4v) is 1.60. The third-order valence-corrected chi connectivity index (χ3v) is 2.70. The second-order valence-electron chi connectivity index (χ2n) is 4.88. The van der Waals surface area contributed by atoms with Gasteiger partial charge in [0.2, 0.25) is 0 Å². The first kappa shape index (κ1) is 14.7. The van der Waals surface area contributed by atoms with Crippen LogP contribution in [0.4, 0.5) is 10.5 Å². The molecule has 5 heteroatoms. The fourth-order valence-electron chi connectivity index (χ4n) is 1.25. The van der Waals surface area contributed by atoms with E-state index in [0.29, 0.717) is 15.7 Å². The highest BCUT2D eigenvalue weighted by Crippen LogP contribution is 2.24. The molecule has 0 spiro atoms. The standard InChI is InChI=1S/C13H16BrNO3/c1-8(16)9-5-6-10(14)11(7-9)15-12(17)18-13(2,3)4/h5-7H,1-4H3,(H,15,17).